The number of carbonyl (C=O) groups excluding carboxylic acids is 1. The second-order valence-corrected chi connectivity index (χ2v) is 4.54. The Hall–Kier alpha value is -2.64. The van der Waals surface area contributed by atoms with E-state index >= 15 is 0 Å². The Kier molecular flexibility index (Phi) is 4.36. The number of aliphatic carboxylic acids is 1. The maximum absolute atomic E-state index is 12.0. The number of hydrogen-bond donors (Lipinski definition) is 2. The quantitative estimate of drug-likeness (QED) is 0.814. The average Bonchev–Trinajstić information content (AvgIpc) is 3.12. The fraction of sp³-hybridized carbons (Fsp3) is 0.385. The first-order valence-electron chi connectivity index (χ1n) is 6.58. The Morgan fingerprint density at radius 2 is 2.19 bits per heavy atom. The monoisotopic (exact) mass is 291 g/mol. The molecule has 112 valence electrons. The summed E-state index contributed by atoms with van der Waals surface area (Å²) >= 11 is 0. The molecule has 2 N–H and O–H groups in total. The molecule has 0 saturated carbocycles. The van der Waals surface area contributed by atoms with Crippen molar-refractivity contribution in [1.82, 2.24) is 24.9 Å². The standard InChI is InChI=1S/C13H17N5O3/c1-3-17-11(4-5-15-17)7-14-12(19)10-6-16-18(8-10)9(2)13(20)21/h4-6,8-9H,3,7H2,1-2H3,(H,14,19)(H,20,21). The molecule has 2 aromatic rings. The van der Waals surface area contributed by atoms with E-state index in [2.05, 4.69) is 15.5 Å². The molecular formula is C13H17N5O3. The van der Waals surface area contributed by atoms with Gasteiger partial charge >= 0.3 is 5.97 Å². The summed E-state index contributed by atoms with van der Waals surface area (Å²) in [6.07, 6.45) is 4.45. The van der Waals surface area contributed by atoms with Crippen LogP contribution in [0.1, 0.15) is 35.9 Å². The van der Waals surface area contributed by atoms with Gasteiger partial charge in [0.15, 0.2) is 0 Å². The van der Waals surface area contributed by atoms with Crippen LogP contribution < -0.4 is 5.32 Å². The highest BCUT2D eigenvalue weighted by atomic mass is 16.4. The third kappa shape index (κ3) is 3.28. The van der Waals surface area contributed by atoms with Gasteiger partial charge in [0.25, 0.3) is 5.91 Å². The van der Waals surface area contributed by atoms with Crippen LogP contribution in [0.2, 0.25) is 0 Å². The normalized spacial score (nSPS) is 12.1. The number of hydrogen-bond acceptors (Lipinski definition) is 4. The molecule has 1 amide bonds. The number of carbonyl (C=O) groups is 2. The Morgan fingerprint density at radius 1 is 1.43 bits per heavy atom. The van der Waals surface area contributed by atoms with Crippen molar-refractivity contribution in [2.75, 3.05) is 0 Å². The number of rotatable bonds is 6. The zero-order valence-corrected chi connectivity index (χ0v) is 11.9. The number of carboxylic acid groups (broad SMARTS) is 1. The summed E-state index contributed by atoms with van der Waals surface area (Å²) in [7, 11) is 0. The van der Waals surface area contributed by atoms with Gasteiger partial charge in [-0.15, -0.1) is 0 Å². The molecule has 0 aliphatic rings. The van der Waals surface area contributed by atoms with E-state index in [1.165, 1.54) is 24.0 Å². The van der Waals surface area contributed by atoms with Gasteiger partial charge in [0.05, 0.1) is 24.0 Å². The van der Waals surface area contributed by atoms with Crippen molar-refractivity contribution in [1.29, 1.82) is 0 Å². The zero-order chi connectivity index (χ0) is 15.4. The second-order valence-electron chi connectivity index (χ2n) is 4.54. The number of nitrogens with zero attached hydrogens (tertiary/aromatic N) is 4. The molecule has 0 radical (unpaired) electrons. The van der Waals surface area contributed by atoms with E-state index in [1.54, 1.807) is 10.9 Å². The smallest absolute Gasteiger partial charge is 0.328 e. The minimum absolute atomic E-state index is 0.303. The van der Waals surface area contributed by atoms with Gasteiger partial charge < -0.3 is 10.4 Å². The molecule has 0 aromatic carbocycles. The Labute approximate surface area is 121 Å². The maximum atomic E-state index is 12.0. The molecule has 2 rings (SSSR count). The van der Waals surface area contributed by atoms with E-state index in [0.717, 1.165) is 12.2 Å². The fourth-order valence-corrected chi connectivity index (χ4v) is 1.85. The molecular weight excluding hydrogens is 274 g/mol. The first kappa shape index (κ1) is 14.8. The summed E-state index contributed by atoms with van der Waals surface area (Å²) in [5.74, 6) is -1.31. The zero-order valence-electron chi connectivity index (χ0n) is 11.9. The summed E-state index contributed by atoms with van der Waals surface area (Å²) in [5.41, 5.74) is 1.22. The summed E-state index contributed by atoms with van der Waals surface area (Å²) < 4.78 is 3.03. The molecule has 2 heterocycles. The highest BCUT2D eigenvalue weighted by Gasteiger charge is 2.16. The minimum atomic E-state index is -1.00. The van der Waals surface area contributed by atoms with Crippen LogP contribution in [0.4, 0.5) is 0 Å². The Bertz CT molecular complexity index is 646. The van der Waals surface area contributed by atoms with Gasteiger partial charge in [-0.3, -0.25) is 14.2 Å². The lowest BCUT2D eigenvalue weighted by atomic mass is 10.3. The van der Waals surface area contributed by atoms with Crippen LogP contribution in [0.25, 0.3) is 0 Å². The highest BCUT2D eigenvalue weighted by molar-refractivity contribution is 5.93. The lowest BCUT2D eigenvalue weighted by molar-refractivity contribution is -0.140. The summed E-state index contributed by atoms with van der Waals surface area (Å²) in [4.78, 5) is 22.9. The van der Waals surface area contributed by atoms with Crippen molar-refractivity contribution in [3.05, 3.63) is 35.9 Å². The average molecular weight is 291 g/mol. The van der Waals surface area contributed by atoms with Crippen molar-refractivity contribution >= 4 is 11.9 Å². The van der Waals surface area contributed by atoms with Crippen LogP contribution in [-0.4, -0.2) is 36.5 Å². The fourth-order valence-electron chi connectivity index (χ4n) is 1.85. The predicted molar refractivity (Wildman–Crippen MR) is 73.6 cm³/mol. The topological polar surface area (TPSA) is 102 Å². The van der Waals surface area contributed by atoms with Crippen molar-refractivity contribution in [2.45, 2.75) is 33.0 Å². The largest absolute Gasteiger partial charge is 0.480 e. The van der Waals surface area contributed by atoms with Gasteiger partial charge in [0.2, 0.25) is 0 Å². The molecule has 8 nitrogen and oxygen atoms in total. The summed E-state index contributed by atoms with van der Waals surface area (Å²) in [6, 6.07) is 1.02. The first-order chi connectivity index (χ1) is 10.0. The van der Waals surface area contributed by atoms with Crippen LogP contribution in [-0.2, 0) is 17.9 Å². The second kappa shape index (κ2) is 6.21. The van der Waals surface area contributed by atoms with E-state index < -0.39 is 12.0 Å². The van der Waals surface area contributed by atoms with E-state index in [-0.39, 0.29) is 5.91 Å². The van der Waals surface area contributed by atoms with Gasteiger partial charge in [-0.2, -0.15) is 10.2 Å². The first-order valence-corrected chi connectivity index (χ1v) is 6.58. The molecule has 0 bridgehead atoms. The van der Waals surface area contributed by atoms with Crippen LogP contribution in [0.3, 0.4) is 0 Å². The molecule has 0 aliphatic heterocycles. The van der Waals surface area contributed by atoms with Crippen molar-refractivity contribution in [2.24, 2.45) is 0 Å². The highest BCUT2D eigenvalue weighted by Crippen LogP contribution is 2.07. The van der Waals surface area contributed by atoms with Gasteiger partial charge in [0.1, 0.15) is 6.04 Å². The van der Waals surface area contributed by atoms with E-state index in [0.29, 0.717) is 12.1 Å². The Balaban J connectivity index is 1.99. The van der Waals surface area contributed by atoms with Crippen molar-refractivity contribution < 1.29 is 14.7 Å². The van der Waals surface area contributed by atoms with E-state index in [1.807, 2.05) is 13.0 Å². The van der Waals surface area contributed by atoms with Gasteiger partial charge in [0, 0.05) is 18.9 Å². The van der Waals surface area contributed by atoms with Gasteiger partial charge in [-0.1, -0.05) is 0 Å². The van der Waals surface area contributed by atoms with Crippen LogP contribution in [0.15, 0.2) is 24.7 Å². The van der Waals surface area contributed by atoms with Crippen LogP contribution >= 0.6 is 0 Å². The van der Waals surface area contributed by atoms with Gasteiger partial charge in [-0.25, -0.2) is 4.79 Å². The van der Waals surface area contributed by atoms with Crippen LogP contribution in [0, 0.1) is 0 Å². The van der Waals surface area contributed by atoms with E-state index in [4.69, 9.17) is 5.11 Å². The maximum Gasteiger partial charge on any atom is 0.328 e. The van der Waals surface area contributed by atoms with Crippen LogP contribution in [0.5, 0.6) is 0 Å². The molecule has 1 unspecified atom stereocenters. The molecule has 0 spiro atoms. The molecule has 0 fully saturated rings. The summed E-state index contributed by atoms with van der Waals surface area (Å²) in [5, 5.41) is 19.7. The Morgan fingerprint density at radius 3 is 2.86 bits per heavy atom. The lowest BCUT2D eigenvalue weighted by Crippen LogP contribution is -2.24. The number of aromatic nitrogens is 4. The summed E-state index contributed by atoms with van der Waals surface area (Å²) in [6.45, 7) is 4.55. The lowest BCUT2D eigenvalue weighted by Gasteiger charge is -2.06. The van der Waals surface area contributed by atoms with Gasteiger partial charge in [-0.05, 0) is 19.9 Å². The SMILES string of the molecule is CCn1nccc1CNC(=O)c1cnn(C(C)C(=O)O)c1. The number of nitrogens with one attached hydrogen (secondary N) is 1. The molecule has 2 aromatic heterocycles. The van der Waals surface area contributed by atoms with E-state index in [9.17, 15) is 9.59 Å². The number of carboxylic acids is 1. The molecule has 1 atom stereocenters. The molecule has 0 saturated heterocycles. The molecule has 0 aliphatic carbocycles. The third-order valence-electron chi connectivity index (χ3n) is 3.15. The predicted octanol–water partition coefficient (Wildman–Crippen LogP) is 0.675. The third-order valence-corrected chi connectivity index (χ3v) is 3.15. The molecule has 8 heteroatoms. The molecule has 21 heavy (non-hydrogen) atoms. The van der Waals surface area contributed by atoms with Crippen molar-refractivity contribution in [3.63, 3.8) is 0 Å². The number of aryl methyl sites for hydroxylation is 1. The minimum Gasteiger partial charge on any atom is -0.480 e. The van der Waals surface area contributed by atoms with Crippen molar-refractivity contribution in [3.8, 4) is 0 Å². The number of amides is 1.